The molecule has 4 nitrogen and oxygen atoms in total. The average Bonchev–Trinajstić information content (AvgIpc) is 2.69. The van der Waals surface area contributed by atoms with Crippen molar-refractivity contribution < 1.29 is 4.74 Å². The second-order valence-electron chi connectivity index (χ2n) is 5.77. The molecule has 0 fully saturated rings. The first-order valence-corrected chi connectivity index (χ1v) is 10.4. The first-order valence-electron chi connectivity index (χ1n) is 8.46. The summed E-state index contributed by atoms with van der Waals surface area (Å²) in [4.78, 5) is 4.40. The molecule has 7 heteroatoms. The van der Waals surface area contributed by atoms with Crippen LogP contribution < -0.4 is 15.4 Å². The van der Waals surface area contributed by atoms with E-state index in [9.17, 15) is 0 Å². The van der Waals surface area contributed by atoms with Gasteiger partial charge in [0.05, 0.1) is 7.11 Å². The Labute approximate surface area is 173 Å². The van der Waals surface area contributed by atoms with Gasteiger partial charge in [-0.25, -0.2) is 0 Å². The van der Waals surface area contributed by atoms with Crippen molar-refractivity contribution in [3.05, 3.63) is 65.3 Å². The van der Waals surface area contributed by atoms with Crippen LogP contribution in [0.2, 0.25) is 5.02 Å². The Kier molecular flexibility index (Phi) is 7.15. The lowest BCUT2D eigenvalue weighted by molar-refractivity contribution is 0.419. The summed E-state index contributed by atoms with van der Waals surface area (Å²) in [5.74, 6) is 2.65. The van der Waals surface area contributed by atoms with Crippen LogP contribution in [0.1, 0.15) is 5.56 Å². The smallest absolute Gasteiger partial charge is 0.170 e. The Bertz CT molecular complexity index is 919. The van der Waals surface area contributed by atoms with Crippen molar-refractivity contribution in [3.63, 3.8) is 0 Å². The van der Waals surface area contributed by atoms with Crippen LogP contribution in [0.3, 0.4) is 0 Å². The molecule has 2 aromatic carbocycles. The monoisotopic (exact) mass is 417 g/mol. The number of fused-ring (bicyclic) bond motifs is 1. The molecule has 0 amide bonds. The number of thiocarbonyl (C=S) groups is 1. The standard InChI is InChI=1S/C20H20ClN3OS2/c1-25-18-9-8-17(16-3-2-10-22-19(16)18)24-20(26)23-11-12-27-13-14-4-6-15(21)7-5-14/h2-10H,11-13H2,1H3,(H2,23,24,26). The maximum Gasteiger partial charge on any atom is 0.170 e. The normalized spacial score (nSPS) is 10.6. The molecule has 1 heterocycles. The molecule has 0 unspecified atom stereocenters. The van der Waals surface area contributed by atoms with Gasteiger partial charge in [0.1, 0.15) is 11.3 Å². The van der Waals surface area contributed by atoms with Crippen LogP contribution in [0.25, 0.3) is 10.9 Å². The second kappa shape index (κ2) is 9.78. The topological polar surface area (TPSA) is 46.2 Å². The molecule has 0 saturated heterocycles. The van der Waals surface area contributed by atoms with E-state index in [0.29, 0.717) is 5.11 Å². The van der Waals surface area contributed by atoms with Gasteiger partial charge in [-0.1, -0.05) is 23.7 Å². The number of methoxy groups -OCH3 is 1. The molecule has 0 bridgehead atoms. The van der Waals surface area contributed by atoms with E-state index in [1.165, 1.54) is 5.56 Å². The van der Waals surface area contributed by atoms with Crippen LogP contribution in [-0.2, 0) is 5.75 Å². The summed E-state index contributed by atoms with van der Waals surface area (Å²) in [6, 6.07) is 15.7. The number of pyridine rings is 1. The highest BCUT2D eigenvalue weighted by atomic mass is 35.5. The van der Waals surface area contributed by atoms with Crippen molar-refractivity contribution >= 4 is 57.3 Å². The second-order valence-corrected chi connectivity index (χ2v) is 7.72. The highest BCUT2D eigenvalue weighted by Crippen LogP contribution is 2.29. The zero-order valence-electron chi connectivity index (χ0n) is 14.9. The summed E-state index contributed by atoms with van der Waals surface area (Å²) in [7, 11) is 1.64. The van der Waals surface area contributed by atoms with Crippen LogP contribution in [-0.4, -0.2) is 29.5 Å². The van der Waals surface area contributed by atoms with Gasteiger partial charge in [0.25, 0.3) is 0 Å². The molecule has 0 aliphatic rings. The van der Waals surface area contributed by atoms with Gasteiger partial charge in [0.2, 0.25) is 0 Å². The lowest BCUT2D eigenvalue weighted by atomic mass is 10.1. The van der Waals surface area contributed by atoms with Gasteiger partial charge in [-0.05, 0) is 54.2 Å². The van der Waals surface area contributed by atoms with E-state index in [1.54, 1.807) is 13.3 Å². The molecule has 0 radical (unpaired) electrons. The maximum atomic E-state index is 5.90. The zero-order valence-corrected chi connectivity index (χ0v) is 17.3. The third-order valence-electron chi connectivity index (χ3n) is 3.91. The Morgan fingerprint density at radius 1 is 1.19 bits per heavy atom. The minimum atomic E-state index is 0.595. The number of nitrogens with zero attached hydrogens (tertiary/aromatic N) is 1. The summed E-state index contributed by atoms with van der Waals surface area (Å²) in [5.41, 5.74) is 2.99. The fraction of sp³-hybridized carbons (Fsp3) is 0.200. The summed E-state index contributed by atoms with van der Waals surface area (Å²) in [6.45, 7) is 0.788. The number of anilines is 1. The van der Waals surface area contributed by atoms with Gasteiger partial charge < -0.3 is 15.4 Å². The third kappa shape index (κ3) is 5.48. The summed E-state index contributed by atoms with van der Waals surface area (Å²) in [6.07, 6.45) is 1.75. The van der Waals surface area contributed by atoms with Crippen LogP contribution in [0.5, 0.6) is 5.75 Å². The largest absolute Gasteiger partial charge is 0.494 e. The molecule has 0 spiro atoms. The van der Waals surface area contributed by atoms with Gasteiger partial charge in [-0.2, -0.15) is 11.8 Å². The van der Waals surface area contributed by atoms with Gasteiger partial charge in [-0.3, -0.25) is 4.98 Å². The number of halogens is 1. The lowest BCUT2D eigenvalue weighted by Gasteiger charge is -2.13. The molecule has 3 rings (SSSR count). The Morgan fingerprint density at radius 3 is 2.78 bits per heavy atom. The highest BCUT2D eigenvalue weighted by Gasteiger charge is 2.08. The number of benzene rings is 2. The molecule has 1 aromatic heterocycles. The minimum Gasteiger partial charge on any atom is -0.494 e. The van der Waals surface area contributed by atoms with Gasteiger partial charge in [0, 0.05) is 40.3 Å². The van der Waals surface area contributed by atoms with E-state index in [4.69, 9.17) is 28.6 Å². The van der Waals surface area contributed by atoms with Crippen molar-refractivity contribution in [3.8, 4) is 5.75 Å². The fourth-order valence-corrected chi connectivity index (χ4v) is 3.75. The molecule has 0 saturated carbocycles. The first kappa shape index (κ1) is 19.7. The number of rotatable bonds is 7. The molecular weight excluding hydrogens is 398 g/mol. The number of aromatic nitrogens is 1. The minimum absolute atomic E-state index is 0.595. The summed E-state index contributed by atoms with van der Waals surface area (Å²) < 4.78 is 5.37. The predicted molar refractivity (Wildman–Crippen MR) is 120 cm³/mol. The number of ether oxygens (including phenoxy) is 1. The Morgan fingerprint density at radius 2 is 2.00 bits per heavy atom. The van der Waals surface area contributed by atoms with E-state index in [1.807, 2.05) is 48.2 Å². The SMILES string of the molecule is COc1ccc(NC(=S)NCCSCc2ccc(Cl)cc2)c2cccnc12. The quantitative estimate of drug-likeness (QED) is 0.411. The molecule has 2 N–H and O–H groups in total. The zero-order chi connectivity index (χ0) is 19.1. The van der Waals surface area contributed by atoms with Gasteiger partial charge in [0.15, 0.2) is 5.11 Å². The molecular formula is C20H20ClN3OS2. The fourth-order valence-electron chi connectivity index (χ4n) is 2.59. The Hall–Kier alpha value is -2.02. The number of nitrogens with one attached hydrogen (secondary N) is 2. The molecule has 140 valence electrons. The summed E-state index contributed by atoms with van der Waals surface area (Å²) in [5, 5.41) is 8.83. The molecule has 27 heavy (non-hydrogen) atoms. The van der Waals surface area contributed by atoms with E-state index in [0.717, 1.165) is 45.4 Å². The highest BCUT2D eigenvalue weighted by molar-refractivity contribution is 7.98. The molecule has 0 aliphatic heterocycles. The Balaban J connectivity index is 1.48. The molecule has 0 atom stereocenters. The van der Waals surface area contributed by atoms with E-state index in [-0.39, 0.29) is 0 Å². The van der Waals surface area contributed by atoms with Crippen LogP contribution in [0, 0.1) is 0 Å². The van der Waals surface area contributed by atoms with Gasteiger partial charge in [-0.15, -0.1) is 0 Å². The van der Waals surface area contributed by atoms with Crippen molar-refractivity contribution in [2.45, 2.75) is 5.75 Å². The first-order chi connectivity index (χ1) is 13.2. The van der Waals surface area contributed by atoms with Crippen molar-refractivity contribution in [1.29, 1.82) is 0 Å². The van der Waals surface area contributed by atoms with E-state index < -0.39 is 0 Å². The number of hydrogen-bond donors (Lipinski definition) is 2. The van der Waals surface area contributed by atoms with E-state index in [2.05, 4.69) is 27.8 Å². The lowest BCUT2D eigenvalue weighted by Crippen LogP contribution is -2.30. The maximum absolute atomic E-state index is 5.90. The van der Waals surface area contributed by atoms with Crippen LogP contribution in [0.15, 0.2) is 54.7 Å². The van der Waals surface area contributed by atoms with Crippen molar-refractivity contribution in [1.82, 2.24) is 10.3 Å². The average molecular weight is 418 g/mol. The summed E-state index contributed by atoms with van der Waals surface area (Å²) >= 11 is 13.2. The van der Waals surface area contributed by atoms with Crippen molar-refractivity contribution in [2.75, 3.05) is 24.7 Å². The molecule has 3 aromatic rings. The van der Waals surface area contributed by atoms with E-state index >= 15 is 0 Å². The molecule has 0 aliphatic carbocycles. The third-order valence-corrected chi connectivity index (χ3v) is 5.44. The van der Waals surface area contributed by atoms with Crippen molar-refractivity contribution in [2.24, 2.45) is 0 Å². The predicted octanol–water partition coefficient (Wildman–Crippen LogP) is 5.12. The van der Waals surface area contributed by atoms with Crippen LogP contribution in [0.4, 0.5) is 5.69 Å². The van der Waals surface area contributed by atoms with Crippen LogP contribution >= 0.6 is 35.6 Å². The van der Waals surface area contributed by atoms with Gasteiger partial charge >= 0.3 is 0 Å². The number of thioether (sulfide) groups is 1. The number of hydrogen-bond acceptors (Lipinski definition) is 4.